The van der Waals surface area contributed by atoms with Gasteiger partial charge in [0.15, 0.2) is 0 Å². The fourth-order valence-corrected chi connectivity index (χ4v) is 2.77. The van der Waals surface area contributed by atoms with E-state index in [0.717, 1.165) is 6.42 Å². The molecule has 1 amide bonds. The van der Waals surface area contributed by atoms with Crippen LogP contribution < -0.4 is 11.3 Å². The second-order valence-corrected chi connectivity index (χ2v) is 4.97. The summed E-state index contributed by atoms with van der Waals surface area (Å²) in [5.74, 6) is 5.67. The van der Waals surface area contributed by atoms with Crippen molar-refractivity contribution in [2.75, 3.05) is 20.8 Å². The van der Waals surface area contributed by atoms with Gasteiger partial charge in [-0.25, -0.2) is 5.84 Å². The molecule has 0 bridgehead atoms. The number of nitrogens with two attached hydrogens (primary N) is 1. The Kier molecular flexibility index (Phi) is 5.88. The quantitative estimate of drug-likeness (QED) is 0.419. The Hall–Kier alpha value is -0.650. The van der Waals surface area contributed by atoms with Crippen molar-refractivity contribution in [2.24, 2.45) is 11.8 Å². The molecule has 1 rings (SSSR count). The first-order valence-electron chi connectivity index (χ1n) is 6.33. The van der Waals surface area contributed by atoms with Crippen molar-refractivity contribution in [3.8, 4) is 0 Å². The van der Waals surface area contributed by atoms with Crippen molar-refractivity contribution in [3.63, 3.8) is 0 Å². The first-order chi connectivity index (χ1) is 8.11. The molecule has 1 aliphatic rings. The van der Waals surface area contributed by atoms with E-state index in [1.54, 1.807) is 7.11 Å². The van der Waals surface area contributed by atoms with Crippen LogP contribution in [0.5, 0.6) is 0 Å². The zero-order valence-corrected chi connectivity index (χ0v) is 11.1. The highest BCUT2D eigenvalue weighted by Crippen LogP contribution is 2.28. The second-order valence-electron chi connectivity index (χ2n) is 4.97. The lowest BCUT2D eigenvalue weighted by molar-refractivity contribution is -0.129. The van der Waals surface area contributed by atoms with Gasteiger partial charge in [0.05, 0.1) is 6.61 Å². The fourth-order valence-electron chi connectivity index (χ4n) is 2.77. The minimum Gasteiger partial charge on any atom is -0.383 e. The van der Waals surface area contributed by atoms with Crippen molar-refractivity contribution in [1.29, 1.82) is 0 Å². The minimum absolute atomic E-state index is 0.174. The van der Waals surface area contributed by atoms with E-state index in [4.69, 9.17) is 10.6 Å². The molecule has 17 heavy (non-hydrogen) atoms. The Bertz CT molecular complexity index is 248. The molecular weight excluding hydrogens is 218 g/mol. The highest BCUT2D eigenvalue weighted by Gasteiger charge is 2.32. The lowest BCUT2D eigenvalue weighted by Crippen LogP contribution is -2.55. The molecule has 0 aromatic carbocycles. The first-order valence-corrected chi connectivity index (χ1v) is 6.33. The van der Waals surface area contributed by atoms with Gasteiger partial charge in [0.25, 0.3) is 5.91 Å². The molecule has 0 saturated heterocycles. The summed E-state index contributed by atoms with van der Waals surface area (Å²) in [6.07, 6.45) is 4.92. The van der Waals surface area contributed by atoms with Crippen LogP contribution in [0.4, 0.5) is 0 Å². The predicted octanol–water partition coefficient (Wildman–Crippen LogP) is 0.502. The number of nitrogens with one attached hydrogen (secondary N) is 1. The molecule has 0 aliphatic heterocycles. The monoisotopic (exact) mass is 243 g/mol. The van der Waals surface area contributed by atoms with Crippen molar-refractivity contribution < 1.29 is 9.53 Å². The van der Waals surface area contributed by atoms with Crippen LogP contribution in [0, 0.1) is 5.92 Å². The summed E-state index contributed by atoms with van der Waals surface area (Å²) in [5, 5.41) is 0. The van der Waals surface area contributed by atoms with Crippen molar-refractivity contribution in [3.05, 3.63) is 0 Å². The zero-order valence-electron chi connectivity index (χ0n) is 11.1. The smallest absolute Gasteiger partial charge is 0.253 e. The number of ether oxygens (including phenoxy) is 1. The predicted molar refractivity (Wildman–Crippen MR) is 67.2 cm³/mol. The fraction of sp³-hybridized carbons (Fsp3) is 0.917. The number of carbonyl (C=O) groups excluding carboxylic acids is 1. The number of amides is 1. The number of nitrogens with zero attached hydrogens (tertiary/aromatic N) is 1. The standard InChI is InChI=1S/C12H25N3O2/c1-9-6-4-5-7-10(9)15(2)11(8-17-3)12(16)14-13/h9-11H,4-8,13H2,1-3H3,(H,14,16). The van der Waals surface area contributed by atoms with E-state index < -0.39 is 0 Å². The van der Waals surface area contributed by atoms with Crippen LogP contribution in [-0.4, -0.2) is 43.7 Å². The Morgan fingerprint density at radius 2 is 2.18 bits per heavy atom. The van der Waals surface area contributed by atoms with Crippen molar-refractivity contribution in [1.82, 2.24) is 10.3 Å². The maximum Gasteiger partial charge on any atom is 0.253 e. The number of hydrogen-bond acceptors (Lipinski definition) is 4. The van der Waals surface area contributed by atoms with Crippen LogP contribution in [0.2, 0.25) is 0 Å². The van der Waals surface area contributed by atoms with Crippen LogP contribution in [0.3, 0.4) is 0 Å². The van der Waals surface area contributed by atoms with Crippen LogP contribution in [0.15, 0.2) is 0 Å². The molecule has 3 N–H and O–H groups in total. The normalized spacial score (nSPS) is 26.9. The first kappa shape index (κ1) is 14.4. The van der Waals surface area contributed by atoms with Crippen LogP contribution >= 0.6 is 0 Å². The molecule has 1 fully saturated rings. The van der Waals surface area contributed by atoms with E-state index >= 15 is 0 Å². The van der Waals surface area contributed by atoms with Crippen LogP contribution in [0.25, 0.3) is 0 Å². The molecule has 3 unspecified atom stereocenters. The van der Waals surface area contributed by atoms with Crippen LogP contribution in [0.1, 0.15) is 32.6 Å². The van der Waals surface area contributed by atoms with Gasteiger partial charge in [-0.05, 0) is 25.8 Å². The summed E-state index contributed by atoms with van der Waals surface area (Å²) < 4.78 is 5.12. The zero-order chi connectivity index (χ0) is 12.8. The van der Waals surface area contributed by atoms with Crippen LogP contribution in [-0.2, 0) is 9.53 Å². The lowest BCUT2D eigenvalue weighted by Gasteiger charge is -2.39. The molecule has 0 aromatic rings. The molecule has 0 spiro atoms. The Labute approximate surface area is 104 Å². The maximum absolute atomic E-state index is 11.7. The van der Waals surface area contributed by atoms with Gasteiger partial charge in [-0.2, -0.15) is 0 Å². The molecule has 5 heteroatoms. The molecule has 3 atom stereocenters. The molecule has 5 nitrogen and oxygen atoms in total. The number of methoxy groups -OCH3 is 1. The van der Waals surface area contributed by atoms with E-state index in [9.17, 15) is 4.79 Å². The maximum atomic E-state index is 11.7. The van der Waals surface area contributed by atoms with Gasteiger partial charge in [0, 0.05) is 13.2 Å². The highest BCUT2D eigenvalue weighted by atomic mass is 16.5. The highest BCUT2D eigenvalue weighted by molar-refractivity contribution is 5.81. The van der Waals surface area contributed by atoms with Gasteiger partial charge in [0.1, 0.15) is 6.04 Å². The van der Waals surface area contributed by atoms with Gasteiger partial charge in [-0.1, -0.05) is 19.8 Å². The molecular formula is C12H25N3O2. The molecule has 1 saturated carbocycles. The topological polar surface area (TPSA) is 67.6 Å². The van der Waals surface area contributed by atoms with Gasteiger partial charge >= 0.3 is 0 Å². The largest absolute Gasteiger partial charge is 0.383 e. The Morgan fingerprint density at radius 1 is 1.53 bits per heavy atom. The van der Waals surface area contributed by atoms with Gasteiger partial charge in [-0.15, -0.1) is 0 Å². The summed E-state index contributed by atoms with van der Waals surface area (Å²) in [4.78, 5) is 13.9. The Balaban J connectivity index is 2.68. The molecule has 1 aliphatic carbocycles. The average Bonchev–Trinajstić information content (AvgIpc) is 2.35. The van der Waals surface area contributed by atoms with E-state index in [-0.39, 0.29) is 11.9 Å². The number of rotatable bonds is 5. The molecule has 0 heterocycles. The summed E-state index contributed by atoms with van der Waals surface area (Å²) in [6, 6.07) is 0.150. The van der Waals surface area contributed by atoms with E-state index in [1.165, 1.54) is 19.3 Å². The number of hydrazine groups is 1. The number of carbonyl (C=O) groups is 1. The van der Waals surface area contributed by atoms with E-state index in [1.807, 2.05) is 7.05 Å². The van der Waals surface area contributed by atoms with Gasteiger partial charge in [0.2, 0.25) is 0 Å². The lowest BCUT2D eigenvalue weighted by atomic mass is 9.84. The summed E-state index contributed by atoms with van der Waals surface area (Å²) in [6.45, 7) is 2.63. The number of hydrogen-bond donors (Lipinski definition) is 2. The third kappa shape index (κ3) is 3.66. The summed E-state index contributed by atoms with van der Waals surface area (Å²) in [5.41, 5.74) is 2.22. The number of likely N-dealkylation sites (N-methyl/N-ethyl adjacent to an activating group) is 1. The third-order valence-electron chi connectivity index (χ3n) is 3.85. The Morgan fingerprint density at radius 3 is 2.71 bits per heavy atom. The van der Waals surface area contributed by atoms with E-state index in [0.29, 0.717) is 18.6 Å². The molecule has 100 valence electrons. The molecule has 0 aromatic heterocycles. The van der Waals surface area contributed by atoms with Crippen molar-refractivity contribution in [2.45, 2.75) is 44.7 Å². The molecule has 0 radical (unpaired) electrons. The summed E-state index contributed by atoms with van der Waals surface area (Å²) in [7, 11) is 3.60. The summed E-state index contributed by atoms with van der Waals surface area (Å²) >= 11 is 0. The van der Waals surface area contributed by atoms with Gasteiger partial charge in [-0.3, -0.25) is 15.1 Å². The average molecular weight is 243 g/mol. The SMILES string of the molecule is COCC(C(=O)NN)N(C)C1CCCCC1C. The van der Waals surface area contributed by atoms with Crippen molar-refractivity contribution >= 4 is 5.91 Å². The minimum atomic E-state index is -0.296. The third-order valence-corrected chi connectivity index (χ3v) is 3.85. The van der Waals surface area contributed by atoms with E-state index in [2.05, 4.69) is 17.2 Å². The second kappa shape index (κ2) is 6.93. The van der Waals surface area contributed by atoms with Gasteiger partial charge < -0.3 is 4.74 Å².